The van der Waals surface area contributed by atoms with E-state index in [2.05, 4.69) is 15.3 Å². The van der Waals surface area contributed by atoms with Crippen molar-refractivity contribution in [3.8, 4) is 11.3 Å². The number of anilines is 2. The van der Waals surface area contributed by atoms with E-state index >= 15 is 0 Å². The van der Waals surface area contributed by atoms with Gasteiger partial charge in [0.1, 0.15) is 11.6 Å². The van der Waals surface area contributed by atoms with E-state index in [0.29, 0.717) is 11.6 Å². The minimum Gasteiger partial charge on any atom is -0.324 e. The minimum atomic E-state index is -0.527. The van der Waals surface area contributed by atoms with Gasteiger partial charge in [0.05, 0.1) is 5.69 Å². The number of halogens is 2. The zero-order valence-electron chi connectivity index (χ0n) is 10.9. The van der Waals surface area contributed by atoms with Crippen LogP contribution in [0.2, 0.25) is 0 Å². The normalized spacial score (nSPS) is 10.4. The summed E-state index contributed by atoms with van der Waals surface area (Å²) in [5.41, 5.74) is 1.24. The van der Waals surface area contributed by atoms with E-state index in [9.17, 15) is 8.78 Å². The summed E-state index contributed by atoms with van der Waals surface area (Å²) in [7, 11) is 0. The number of aromatic nitrogens is 2. The fraction of sp³-hybridized carbons (Fsp3) is 0. The molecule has 0 aliphatic heterocycles. The molecule has 0 aliphatic rings. The van der Waals surface area contributed by atoms with Crippen molar-refractivity contribution in [3.05, 3.63) is 72.4 Å². The van der Waals surface area contributed by atoms with Gasteiger partial charge in [0.15, 0.2) is 0 Å². The third-order valence-corrected chi connectivity index (χ3v) is 2.89. The van der Waals surface area contributed by atoms with Gasteiger partial charge in [-0.05, 0) is 36.4 Å². The molecule has 3 rings (SSSR count). The Balaban J connectivity index is 1.95. The molecule has 0 spiro atoms. The van der Waals surface area contributed by atoms with E-state index in [1.807, 2.05) is 30.3 Å². The predicted molar refractivity (Wildman–Crippen MR) is 77.1 cm³/mol. The molecule has 1 N–H and O–H groups in total. The van der Waals surface area contributed by atoms with Gasteiger partial charge in [0, 0.05) is 17.4 Å². The highest BCUT2D eigenvalue weighted by molar-refractivity contribution is 5.62. The molecular weight excluding hydrogens is 272 g/mol. The van der Waals surface area contributed by atoms with Crippen molar-refractivity contribution < 1.29 is 8.78 Å². The first kappa shape index (κ1) is 13.2. The first-order chi connectivity index (χ1) is 10.2. The summed E-state index contributed by atoms with van der Waals surface area (Å²) in [5, 5.41) is 3.01. The summed E-state index contributed by atoms with van der Waals surface area (Å²) in [5.74, 6) is -0.717. The van der Waals surface area contributed by atoms with Crippen molar-refractivity contribution in [2.24, 2.45) is 0 Å². The molecule has 0 bridgehead atoms. The quantitative estimate of drug-likeness (QED) is 0.784. The molecule has 1 aromatic heterocycles. The first-order valence-corrected chi connectivity index (χ1v) is 6.33. The van der Waals surface area contributed by atoms with Crippen LogP contribution in [0, 0.1) is 11.6 Å². The highest BCUT2D eigenvalue weighted by Crippen LogP contribution is 2.23. The molecule has 0 atom stereocenters. The Bertz CT molecular complexity index is 760. The van der Waals surface area contributed by atoms with E-state index in [1.165, 1.54) is 12.3 Å². The van der Waals surface area contributed by atoms with E-state index in [4.69, 9.17) is 0 Å². The maximum absolute atomic E-state index is 13.8. The second kappa shape index (κ2) is 5.66. The fourth-order valence-electron chi connectivity index (χ4n) is 1.91. The largest absolute Gasteiger partial charge is 0.324 e. The minimum absolute atomic E-state index is 0.105. The third kappa shape index (κ3) is 3.02. The number of hydrogen-bond donors (Lipinski definition) is 1. The summed E-state index contributed by atoms with van der Waals surface area (Å²) in [6.07, 6.45) is 1.50. The standard InChI is InChI=1S/C16H11F2N3/c17-11-6-7-14(18)13(10-11)15-8-9-19-16(21-15)20-12-4-2-1-3-5-12/h1-10H,(H,19,20,21). The van der Waals surface area contributed by atoms with E-state index in [0.717, 1.165) is 23.9 Å². The number of benzene rings is 2. The smallest absolute Gasteiger partial charge is 0.227 e. The monoisotopic (exact) mass is 283 g/mol. The zero-order valence-corrected chi connectivity index (χ0v) is 10.9. The maximum atomic E-state index is 13.8. The van der Waals surface area contributed by atoms with Crippen molar-refractivity contribution in [1.29, 1.82) is 0 Å². The average Bonchev–Trinajstić information content (AvgIpc) is 2.51. The molecule has 104 valence electrons. The van der Waals surface area contributed by atoms with E-state index in [1.54, 1.807) is 0 Å². The number of nitrogens with zero attached hydrogens (tertiary/aromatic N) is 2. The van der Waals surface area contributed by atoms with Crippen LogP contribution in [0.4, 0.5) is 20.4 Å². The predicted octanol–water partition coefficient (Wildman–Crippen LogP) is 4.17. The molecule has 0 radical (unpaired) electrons. The van der Waals surface area contributed by atoms with Crippen molar-refractivity contribution in [2.45, 2.75) is 0 Å². The molecule has 3 nitrogen and oxygen atoms in total. The highest BCUT2D eigenvalue weighted by atomic mass is 19.1. The summed E-state index contributed by atoms with van der Waals surface area (Å²) >= 11 is 0. The Morgan fingerprint density at radius 2 is 1.71 bits per heavy atom. The SMILES string of the molecule is Fc1ccc(F)c(-c2ccnc(Nc3ccccc3)n2)c1. The summed E-state index contributed by atoms with van der Waals surface area (Å²) in [6, 6.07) is 14.2. The number of rotatable bonds is 3. The molecule has 2 aromatic carbocycles. The topological polar surface area (TPSA) is 37.8 Å². The van der Waals surface area contributed by atoms with Crippen LogP contribution in [-0.4, -0.2) is 9.97 Å². The number of para-hydroxylation sites is 1. The lowest BCUT2D eigenvalue weighted by Crippen LogP contribution is -1.98. The summed E-state index contributed by atoms with van der Waals surface area (Å²) < 4.78 is 27.0. The lowest BCUT2D eigenvalue weighted by molar-refractivity contribution is 0.602. The van der Waals surface area contributed by atoms with Crippen molar-refractivity contribution >= 4 is 11.6 Å². The van der Waals surface area contributed by atoms with Gasteiger partial charge in [0.2, 0.25) is 5.95 Å². The lowest BCUT2D eigenvalue weighted by atomic mass is 10.1. The zero-order chi connectivity index (χ0) is 14.7. The van der Waals surface area contributed by atoms with Crippen molar-refractivity contribution in [2.75, 3.05) is 5.32 Å². The van der Waals surface area contributed by atoms with Gasteiger partial charge in [-0.2, -0.15) is 0 Å². The van der Waals surface area contributed by atoms with E-state index < -0.39 is 11.6 Å². The average molecular weight is 283 g/mol. The van der Waals surface area contributed by atoms with Crippen LogP contribution >= 0.6 is 0 Å². The van der Waals surface area contributed by atoms with Crippen LogP contribution in [0.15, 0.2) is 60.8 Å². The molecule has 5 heteroatoms. The second-order valence-electron chi connectivity index (χ2n) is 4.38. The summed E-state index contributed by atoms with van der Waals surface area (Å²) in [4.78, 5) is 8.29. The highest BCUT2D eigenvalue weighted by Gasteiger charge is 2.09. The third-order valence-electron chi connectivity index (χ3n) is 2.89. The molecule has 0 saturated carbocycles. The van der Waals surface area contributed by atoms with Crippen molar-refractivity contribution in [3.63, 3.8) is 0 Å². The summed E-state index contributed by atoms with van der Waals surface area (Å²) in [6.45, 7) is 0. The Kier molecular flexibility index (Phi) is 3.55. The van der Waals surface area contributed by atoms with Gasteiger partial charge >= 0.3 is 0 Å². The molecule has 0 fully saturated rings. The molecule has 3 aromatic rings. The fourth-order valence-corrected chi connectivity index (χ4v) is 1.91. The number of hydrogen-bond acceptors (Lipinski definition) is 3. The van der Waals surface area contributed by atoms with Crippen LogP contribution in [0.5, 0.6) is 0 Å². The lowest BCUT2D eigenvalue weighted by Gasteiger charge is -2.07. The van der Waals surface area contributed by atoms with Crippen LogP contribution in [0.1, 0.15) is 0 Å². The van der Waals surface area contributed by atoms with Crippen LogP contribution < -0.4 is 5.32 Å². The molecule has 0 saturated heterocycles. The maximum Gasteiger partial charge on any atom is 0.227 e. The molecular formula is C16H11F2N3. The second-order valence-corrected chi connectivity index (χ2v) is 4.38. The Labute approximate surface area is 120 Å². The molecule has 0 amide bonds. The molecule has 1 heterocycles. The Hall–Kier alpha value is -2.82. The first-order valence-electron chi connectivity index (χ1n) is 6.33. The van der Waals surface area contributed by atoms with Crippen molar-refractivity contribution in [1.82, 2.24) is 9.97 Å². The Morgan fingerprint density at radius 3 is 2.52 bits per heavy atom. The van der Waals surface area contributed by atoms with E-state index in [-0.39, 0.29) is 5.56 Å². The molecule has 0 aliphatic carbocycles. The molecule has 0 unspecified atom stereocenters. The van der Waals surface area contributed by atoms with Gasteiger partial charge in [0.25, 0.3) is 0 Å². The van der Waals surface area contributed by atoms with Gasteiger partial charge in [-0.3, -0.25) is 0 Å². The van der Waals surface area contributed by atoms with Gasteiger partial charge in [-0.15, -0.1) is 0 Å². The van der Waals surface area contributed by atoms with Crippen LogP contribution in [-0.2, 0) is 0 Å². The van der Waals surface area contributed by atoms with Gasteiger partial charge < -0.3 is 5.32 Å². The van der Waals surface area contributed by atoms with Gasteiger partial charge in [-0.25, -0.2) is 18.7 Å². The Morgan fingerprint density at radius 1 is 0.905 bits per heavy atom. The van der Waals surface area contributed by atoms with Gasteiger partial charge in [-0.1, -0.05) is 18.2 Å². The molecule has 21 heavy (non-hydrogen) atoms. The van der Waals surface area contributed by atoms with Crippen LogP contribution in [0.3, 0.4) is 0 Å². The number of nitrogens with one attached hydrogen (secondary N) is 1. The van der Waals surface area contributed by atoms with Crippen LogP contribution in [0.25, 0.3) is 11.3 Å².